The molecule has 126 valence electrons. The van der Waals surface area contributed by atoms with E-state index in [9.17, 15) is 9.90 Å². The van der Waals surface area contributed by atoms with E-state index in [2.05, 4.69) is 15.6 Å². The Morgan fingerprint density at radius 1 is 1.54 bits per heavy atom. The summed E-state index contributed by atoms with van der Waals surface area (Å²) in [6.07, 6.45) is -0.0140. The minimum Gasteiger partial charge on any atom is -0.487 e. The predicted molar refractivity (Wildman–Crippen MR) is 90.9 cm³/mol. The smallest absolute Gasteiger partial charge is 0.228 e. The lowest BCUT2D eigenvalue weighted by Gasteiger charge is -2.20. The quantitative estimate of drug-likeness (QED) is 0.787. The SMILES string of the molecule is C[C@H](C(=O)N[C@H]1C[C@@H](O)CN1)c1ccc2c(c1)OCc1ncsc1-2. The highest BCUT2D eigenvalue weighted by atomic mass is 32.1. The molecule has 3 N–H and O–H groups in total. The van der Waals surface area contributed by atoms with Crippen LogP contribution >= 0.6 is 11.3 Å². The number of hydrogen-bond donors (Lipinski definition) is 3. The van der Waals surface area contributed by atoms with Gasteiger partial charge in [-0.05, 0) is 24.6 Å². The third kappa shape index (κ3) is 2.79. The van der Waals surface area contributed by atoms with Crippen LogP contribution < -0.4 is 15.4 Å². The Hall–Kier alpha value is -1.96. The lowest BCUT2D eigenvalue weighted by molar-refractivity contribution is -0.123. The first-order chi connectivity index (χ1) is 11.6. The summed E-state index contributed by atoms with van der Waals surface area (Å²) in [5.74, 6) is 0.454. The fraction of sp³-hybridized carbons (Fsp3) is 0.412. The highest BCUT2D eigenvalue weighted by molar-refractivity contribution is 7.13. The van der Waals surface area contributed by atoms with E-state index in [0.717, 1.165) is 27.4 Å². The average molecular weight is 345 g/mol. The average Bonchev–Trinajstić information content (AvgIpc) is 3.22. The third-order valence-corrected chi connectivity index (χ3v) is 5.48. The topological polar surface area (TPSA) is 83.5 Å². The molecule has 2 aliphatic rings. The molecule has 1 aromatic heterocycles. The summed E-state index contributed by atoms with van der Waals surface area (Å²) in [5, 5.41) is 15.6. The molecule has 4 rings (SSSR count). The van der Waals surface area contributed by atoms with Crippen molar-refractivity contribution >= 4 is 17.2 Å². The lowest BCUT2D eigenvalue weighted by atomic mass is 9.97. The molecule has 1 aromatic carbocycles. The summed E-state index contributed by atoms with van der Waals surface area (Å²) in [5.41, 5.74) is 4.75. The van der Waals surface area contributed by atoms with Gasteiger partial charge in [0.25, 0.3) is 0 Å². The van der Waals surface area contributed by atoms with Gasteiger partial charge in [-0.2, -0.15) is 0 Å². The number of aliphatic hydroxyl groups is 1. The molecule has 1 amide bonds. The Bertz CT molecular complexity index is 776. The molecule has 24 heavy (non-hydrogen) atoms. The van der Waals surface area contributed by atoms with Crippen LogP contribution in [0.2, 0.25) is 0 Å². The number of fused-ring (bicyclic) bond motifs is 3. The van der Waals surface area contributed by atoms with E-state index in [4.69, 9.17) is 4.74 Å². The van der Waals surface area contributed by atoms with Crippen molar-refractivity contribution < 1.29 is 14.6 Å². The van der Waals surface area contributed by atoms with Crippen molar-refractivity contribution in [2.45, 2.75) is 38.1 Å². The second-order valence-electron chi connectivity index (χ2n) is 6.25. The largest absolute Gasteiger partial charge is 0.487 e. The van der Waals surface area contributed by atoms with Gasteiger partial charge in [0.15, 0.2) is 0 Å². The van der Waals surface area contributed by atoms with Gasteiger partial charge in [-0.3, -0.25) is 10.1 Å². The number of nitrogens with one attached hydrogen (secondary N) is 2. The van der Waals surface area contributed by atoms with Crippen LogP contribution in [0.1, 0.15) is 30.5 Å². The maximum absolute atomic E-state index is 12.4. The van der Waals surface area contributed by atoms with Crippen molar-refractivity contribution in [2.75, 3.05) is 6.54 Å². The number of rotatable bonds is 3. The molecule has 2 aliphatic heterocycles. The highest BCUT2D eigenvalue weighted by Crippen LogP contribution is 2.40. The number of carbonyl (C=O) groups is 1. The number of β-amino-alcohol motifs (C(OH)–C–C–N with tert-alkyl or cyclic N) is 1. The van der Waals surface area contributed by atoms with E-state index >= 15 is 0 Å². The molecule has 0 spiro atoms. The molecule has 3 atom stereocenters. The van der Waals surface area contributed by atoms with Crippen LogP contribution in [0.3, 0.4) is 0 Å². The monoisotopic (exact) mass is 345 g/mol. The van der Waals surface area contributed by atoms with E-state index < -0.39 is 6.10 Å². The number of thiazole rings is 1. The lowest BCUT2D eigenvalue weighted by Crippen LogP contribution is -2.43. The number of ether oxygens (including phenoxy) is 1. The molecule has 2 aromatic rings. The normalized spacial score (nSPS) is 23.1. The maximum atomic E-state index is 12.4. The van der Waals surface area contributed by atoms with Crippen molar-refractivity contribution in [1.82, 2.24) is 15.6 Å². The van der Waals surface area contributed by atoms with E-state index in [0.29, 0.717) is 19.6 Å². The Kier molecular flexibility index (Phi) is 3.99. The van der Waals surface area contributed by atoms with Crippen LogP contribution in [0.25, 0.3) is 10.4 Å². The summed E-state index contributed by atoms with van der Waals surface area (Å²) in [4.78, 5) is 17.9. The number of carbonyl (C=O) groups excluding carboxylic acids is 1. The fourth-order valence-corrected chi connectivity index (χ4v) is 3.96. The van der Waals surface area contributed by atoms with Gasteiger partial charge in [0.1, 0.15) is 12.4 Å². The van der Waals surface area contributed by atoms with Crippen molar-refractivity contribution in [3.63, 3.8) is 0 Å². The van der Waals surface area contributed by atoms with Crippen LogP contribution in [0.5, 0.6) is 5.75 Å². The minimum absolute atomic E-state index is 0.0594. The van der Waals surface area contributed by atoms with E-state index in [1.54, 1.807) is 11.3 Å². The molecule has 0 saturated carbocycles. The van der Waals surface area contributed by atoms with Crippen molar-refractivity contribution in [3.05, 3.63) is 35.0 Å². The first-order valence-corrected chi connectivity index (χ1v) is 8.91. The summed E-state index contributed by atoms with van der Waals surface area (Å²) >= 11 is 1.61. The number of benzene rings is 1. The summed E-state index contributed by atoms with van der Waals surface area (Å²) in [6, 6.07) is 5.92. The van der Waals surface area contributed by atoms with Crippen LogP contribution in [0.15, 0.2) is 23.7 Å². The predicted octanol–water partition coefficient (Wildman–Crippen LogP) is 1.60. The van der Waals surface area contributed by atoms with Gasteiger partial charge in [-0.25, -0.2) is 4.98 Å². The maximum Gasteiger partial charge on any atom is 0.228 e. The van der Waals surface area contributed by atoms with Gasteiger partial charge in [-0.1, -0.05) is 6.07 Å². The minimum atomic E-state index is -0.392. The Labute approximate surface area is 143 Å². The number of hydrogen-bond acceptors (Lipinski definition) is 6. The Morgan fingerprint density at radius 3 is 3.21 bits per heavy atom. The van der Waals surface area contributed by atoms with E-state index in [1.165, 1.54) is 0 Å². The molecule has 1 fully saturated rings. The molecule has 6 nitrogen and oxygen atoms in total. The van der Waals surface area contributed by atoms with Crippen molar-refractivity contribution in [1.29, 1.82) is 0 Å². The Morgan fingerprint density at radius 2 is 2.42 bits per heavy atom. The second-order valence-corrected chi connectivity index (χ2v) is 7.11. The molecule has 0 radical (unpaired) electrons. The number of amides is 1. The van der Waals surface area contributed by atoms with Crippen LogP contribution in [0.4, 0.5) is 0 Å². The molecule has 0 aliphatic carbocycles. The van der Waals surface area contributed by atoms with E-state index in [1.807, 2.05) is 30.6 Å². The van der Waals surface area contributed by atoms with E-state index in [-0.39, 0.29) is 18.0 Å². The van der Waals surface area contributed by atoms with Gasteiger partial charge in [-0.15, -0.1) is 11.3 Å². The first-order valence-electron chi connectivity index (χ1n) is 8.03. The fourth-order valence-electron chi connectivity index (χ4n) is 3.13. The molecule has 1 saturated heterocycles. The number of aliphatic hydroxyl groups excluding tert-OH is 1. The number of aromatic nitrogens is 1. The molecular formula is C17H19N3O3S. The first kappa shape index (κ1) is 15.6. The van der Waals surface area contributed by atoms with Gasteiger partial charge < -0.3 is 15.2 Å². The highest BCUT2D eigenvalue weighted by Gasteiger charge is 2.27. The zero-order chi connectivity index (χ0) is 16.7. The van der Waals surface area contributed by atoms with Crippen LogP contribution in [-0.4, -0.2) is 34.8 Å². The van der Waals surface area contributed by atoms with Gasteiger partial charge >= 0.3 is 0 Å². The molecule has 0 unspecified atom stereocenters. The van der Waals surface area contributed by atoms with Crippen LogP contribution in [0, 0.1) is 0 Å². The second kappa shape index (κ2) is 6.16. The standard InChI is InChI=1S/C17H19N3O3S/c1-9(17(22)20-15-5-11(21)6-18-15)10-2-3-12-14(4-10)23-7-13-16(12)24-8-19-13/h2-4,8-9,11,15,18,21H,5-7H2,1H3,(H,20,22)/t9-,11+,15-/m0/s1. The summed E-state index contributed by atoms with van der Waals surface area (Å²) in [7, 11) is 0. The van der Waals surface area contributed by atoms with Gasteiger partial charge in [0.2, 0.25) is 5.91 Å². The van der Waals surface area contributed by atoms with Crippen molar-refractivity contribution in [2.24, 2.45) is 0 Å². The van der Waals surface area contributed by atoms with Gasteiger partial charge in [0.05, 0.1) is 34.3 Å². The zero-order valence-electron chi connectivity index (χ0n) is 13.3. The summed E-state index contributed by atoms with van der Waals surface area (Å²) in [6.45, 7) is 2.87. The molecule has 3 heterocycles. The van der Waals surface area contributed by atoms with Crippen LogP contribution in [-0.2, 0) is 11.4 Å². The summed E-state index contributed by atoms with van der Waals surface area (Å²) < 4.78 is 5.79. The number of nitrogens with zero attached hydrogens (tertiary/aromatic N) is 1. The zero-order valence-corrected chi connectivity index (χ0v) is 14.1. The third-order valence-electron chi connectivity index (χ3n) is 4.57. The van der Waals surface area contributed by atoms with Crippen molar-refractivity contribution in [3.8, 4) is 16.2 Å². The molecule has 0 bridgehead atoms. The Balaban J connectivity index is 1.51. The van der Waals surface area contributed by atoms with Gasteiger partial charge in [0, 0.05) is 18.5 Å². The molecule has 7 heteroatoms. The molecular weight excluding hydrogens is 326 g/mol.